The van der Waals surface area contributed by atoms with Gasteiger partial charge >= 0.3 is 0 Å². The standard InChI is InChI=1S/C18H25P/c1-18(2,3)12-17(13-19-4)16-10-9-14-7-5-6-8-15(14)11-16/h5-11,17,19H,12-13H2,1-4H3. The van der Waals surface area contributed by atoms with Crippen LogP contribution >= 0.6 is 8.58 Å². The highest BCUT2D eigenvalue weighted by atomic mass is 31.1. The summed E-state index contributed by atoms with van der Waals surface area (Å²) in [4.78, 5) is 0. The molecule has 0 radical (unpaired) electrons. The number of benzene rings is 2. The molecule has 0 nitrogen and oxygen atoms in total. The highest BCUT2D eigenvalue weighted by Gasteiger charge is 2.19. The van der Waals surface area contributed by atoms with Crippen LogP contribution in [0.3, 0.4) is 0 Å². The quantitative estimate of drug-likeness (QED) is 0.629. The van der Waals surface area contributed by atoms with Crippen LogP contribution in [0.4, 0.5) is 0 Å². The molecule has 0 aliphatic carbocycles. The third-order valence-corrected chi connectivity index (χ3v) is 4.46. The predicted molar refractivity (Wildman–Crippen MR) is 89.9 cm³/mol. The van der Waals surface area contributed by atoms with Crippen molar-refractivity contribution in [3.05, 3.63) is 48.0 Å². The molecule has 0 saturated carbocycles. The third kappa shape index (κ3) is 4.05. The van der Waals surface area contributed by atoms with Gasteiger partial charge in [0.2, 0.25) is 0 Å². The maximum Gasteiger partial charge on any atom is -0.0120 e. The molecule has 0 aliphatic rings. The van der Waals surface area contributed by atoms with Crippen LogP contribution in [0, 0.1) is 5.41 Å². The average molecular weight is 272 g/mol. The van der Waals surface area contributed by atoms with Crippen molar-refractivity contribution in [2.75, 3.05) is 12.8 Å². The maximum atomic E-state index is 2.39. The van der Waals surface area contributed by atoms with Crippen molar-refractivity contribution in [2.24, 2.45) is 5.41 Å². The Bertz CT molecular complexity index is 537. The van der Waals surface area contributed by atoms with Crippen molar-refractivity contribution in [1.29, 1.82) is 0 Å². The van der Waals surface area contributed by atoms with Gasteiger partial charge in [-0.2, -0.15) is 0 Å². The summed E-state index contributed by atoms with van der Waals surface area (Å²) < 4.78 is 0. The molecule has 1 heteroatoms. The van der Waals surface area contributed by atoms with Gasteiger partial charge in [-0.05, 0) is 46.9 Å². The molecular formula is C18H25P. The van der Waals surface area contributed by atoms with Crippen LogP contribution < -0.4 is 0 Å². The first-order chi connectivity index (χ1) is 8.99. The van der Waals surface area contributed by atoms with Crippen LogP contribution in [0.1, 0.15) is 38.7 Å². The fraction of sp³-hybridized carbons (Fsp3) is 0.444. The molecule has 0 amide bonds. The number of fused-ring (bicyclic) bond motifs is 1. The molecule has 2 aromatic carbocycles. The first kappa shape index (κ1) is 14.5. The van der Waals surface area contributed by atoms with Crippen LogP contribution in [0.2, 0.25) is 0 Å². The Balaban J connectivity index is 2.33. The largest absolute Gasteiger partial charge is 0.125 e. The van der Waals surface area contributed by atoms with Gasteiger partial charge in [-0.1, -0.05) is 63.2 Å². The second-order valence-corrected chi connectivity index (χ2v) is 7.74. The summed E-state index contributed by atoms with van der Waals surface area (Å²) in [6.07, 6.45) is 2.59. The van der Waals surface area contributed by atoms with Crippen molar-refractivity contribution in [3.8, 4) is 0 Å². The summed E-state index contributed by atoms with van der Waals surface area (Å²) in [5.41, 5.74) is 1.92. The van der Waals surface area contributed by atoms with E-state index in [4.69, 9.17) is 0 Å². The predicted octanol–water partition coefficient (Wildman–Crippen LogP) is 5.67. The molecule has 0 fully saturated rings. The fourth-order valence-electron chi connectivity index (χ4n) is 2.76. The highest BCUT2D eigenvalue weighted by molar-refractivity contribution is 7.37. The summed E-state index contributed by atoms with van der Waals surface area (Å²) in [6, 6.07) is 15.7. The Morgan fingerprint density at radius 3 is 2.32 bits per heavy atom. The van der Waals surface area contributed by atoms with Gasteiger partial charge in [0.1, 0.15) is 0 Å². The fourth-order valence-corrected chi connectivity index (χ4v) is 3.63. The van der Waals surface area contributed by atoms with Gasteiger partial charge < -0.3 is 0 Å². The van der Waals surface area contributed by atoms with E-state index >= 15 is 0 Å². The minimum atomic E-state index is 0.399. The van der Waals surface area contributed by atoms with Crippen molar-refractivity contribution in [3.63, 3.8) is 0 Å². The maximum absolute atomic E-state index is 2.39. The van der Waals surface area contributed by atoms with Crippen molar-refractivity contribution < 1.29 is 0 Å². The van der Waals surface area contributed by atoms with E-state index in [2.05, 4.69) is 69.9 Å². The van der Waals surface area contributed by atoms with Gasteiger partial charge in [0.05, 0.1) is 0 Å². The van der Waals surface area contributed by atoms with Crippen LogP contribution in [-0.2, 0) is 0 Å². The van der Waals surface area contributed by atoms with E-state index in [1.54, 1.807) is 0 Å². The summed E-state index contributed by atoms with van der Waals surface area (Å²) in [5, 5.41) is 2.72. The number of hydrogen-bond donors (Lipinski definition) is 0. The van der Waals surface area contributed by atoms with E-state index in [9.17, 15) is 0 Å². The van der Waals surface area contributed by atoms with E-state index in [0.29, 0.717) is 11.3 Å². The third-order valence-electron chi connectivity index (χ3n) is 3.55. The van der Waals surface area contributed by atoms with E-state index in [-0.39, 0.29) is 0 Å². The molecule has 19 heavy (non-hydrogen) atoms. The first-order valence-corrected chi connectivity index (χ1v) is 8.83. The zero-order valence-corrected chi connectivity index (χ0v) is 13.5. The minimum Gasteiger partial charge on any atom is -0.125 e. The Kier molecular flexibility index (Phi) is 4.63. The second-order valence-electron chi connectivity index (χ2n) is 6.63. The summed E-state index contributed by atoms with van der Waals surface area (Å²) >= 11 is 0. The minimum absolute atomic E-state index is 0.399. The average Bonchev–Trinajstić information content (AvgIpc) is 2.36. The van der Waals surface area contributed by atoms with E-state index in [1.165, 1.54) is 28.9 Å². The van der Waals surface area contributed by atoms with Gasteiger partial charge in [0.25, 0.3) is 0 Å². The molecule has 0 spiro atoms. The molecule has 2 unspecified atom stereocenters. The first-order valence-electron chi connectivity index (χ1n) is 7.13. The molecular weight excluding hydrogens is 247 g/mol. The molecule has 0 aliphatic heterocycles. The monoisotopic (exact) mass is 272 g/mol. The lowest BCUT2D eigenvalue weighted by Crippen LogP contribution is -2.13. The van der Waals surface area contributed by atoms with Gasteiger partial charge in [-0.3, -0.25) is 0 Å². The molecule has 2 rings (SSSR count). The Morgan fingerprint density at radius 1 is 1.00 bits per heavy atom. The summed E-state index contributed by atoms with van der Waals surface area (Å²) in [6.45, 7) is 9.36. The van der Waals surface area contributed by atoms with Gasteiger partial charge in [-0.25, -0.2) is 0 Å². The lowest BCUT2D eigenvalue weighted by molar-refractivity contribution is 0.350. The van der Waals surface area contributed by atoms with Gasteiger partial charge in [0, 0.05) is 0 Å². The summed E-state index contributed by atoms with van der Waals surface area (Å²) in [7, 11) is 1.03. The van der Waals surface area contributed by atoms with Crippen molar-refractivity contribution >= 4 is 19.4 Å². The van der Waals surface area contributed by atoms with Crippen molar-refractivity contribution in [2.45, 2.75) is 33.1 Å². The Hall–Kier alpha value is -0.870. The zero-order chi connectivity index (χ0) is 13.9. The number of rotatable bonds is 4. The molecule has 2 aromatic rings. The van der Waals surface area contributed by atoms with Crippen LogP contribution in [0.15, 0.2) is 42.5 Å². The Labute approximate surface area is 119 Å². The van der Waals surface area contributed by atoms with Gasteiger partial charge in [0.15, 0.2) is 0 Å². The topological polar surface area (TPSA) is 0 Å². The van der Waals surface area contributed by atoms with Gasteiger partial charge in [-0.15, -0.1) is 8.58 Å². The smallest absolute Gasteiger partial charge is 0.0120 e. The van der Waals surface area contributed by atoms with E-state index < -0.39 is 0 Å². The number of hydrogen-bond acceptors (Lipinski definition) is 0. The molecule has 0 bridgehead atoms. The van der Waals surface area contributed by atoms with Crippen LogP contribution in [0.25, 0.3) is 10.8 Å². The Morgan fingerprint density at radius 2 is 1.68 bits per heavy atom. The van der Waals surface area contributed by atoms with Crippen molar-refractivity contribution in [1.82, 2.24) is 0 Å². The summed E-state index contributed by atoms with van der Waals surface area (Å²) in [5.74, 6) is 0.702. The molecule has 0 aromatic heterocycles. The second kappa shape index (κ2) is 6.06. The van der Waals surface area contributed by atoms with E-state index in [1.807, 2.05) is 0 Å². The normalized spacial score (nSPS) is 14.3. The molecule has 0 N–H and O–H groups in total. The highest BCUT2D eigenvalue weighted by Crippen LogP contribution is 2.35. The van der Waals surface area contributed by atoms with E-state index in [0.717, 1.165) is 8.58 Å². The lowest BCUT2D eigenvalue weighted by atomic mass is 9.82. The van der Waals surface area contributed by atoms with Crippen LogP contribution in [0.5, 0.6) is 0 Å². The molecule has 0 heterocycles. The molecule has 2 atom stereocenters. The molecule has 0 saturated heterocycles. The lowest BCUT2D eigenvalue weighted by Gasteiger charge is -2.26. The van der Waals surface area contributed by atoms with Crippen LogP contribution in [-0.4, -0.2) is 12.8 Å². The molecule has 102 valence electrons. The SMILES string of the molecule is CPCC(CC(C)(C)C)c1ccc2ccccc2c1. The zero-order valence-electron chi connectivity index (χ0n) is 12.5.